The molecule has 2 aromatic rings. The lowest BCUT2D eigenvalue weighted by Crippen LogP contribution is -2.29. The van der Waals surface area contributed by atoms with Crippen LogP contribution < -0.4 is 5.32 Å². The average Bonchev–Trinajstić information content (AvgIpc) is 3.05. The van der Waals surface area contributed by atoms with E-state index in [0.29, 0.717) is 25.1 Å². The van der Waals surface area contributed by atoms with Gasteiger partial charge in [-0.25, -0.2) is 0 Å². The maximum atomic E-state index is 12.7. The molecular weight excluding hydrogens is 292 g/mol. The standard InChI is InChI=1S/C16H16N6O/c17-21-20-13-7-10-22(11-13)16(23)14-3-1-2-4-15(14)19-12-5-8-18-9-6-12/h1-6,8-9,13H,7,10-11H2,(H,18,19)/t13-/m1/s1. The van der Waals surface area contributed by atoms with Crippen molar-refractivity contribution in [1.29, 1.82) is 0 Å². The van der Waals surface area contributed by atoms with Crippen LogP contribution in [0.5, 0.6) is 0 Å². The van der Waals surface area contributed by atoms with Gasteiger partial charge in [0.1, 0.15) is 0 Å². The summed E-state index contributed by atoms with van der Waals surface area (Å²) in [5, 5.41) is 6.95. The number of carbonyl (C=O) groups is 1. The first-order chi connectivity index (χ1) is 11.3. The second kappa shape index (κ2) is 6.81. The molecule has 1 N–H and O–H groups in total. The van der Waals surface area contributed by atoms with Crippen molar-refractivity contribution in [3.8, 4) is 0 Å². The van der Waals surface area contributed by atoms with Gasteiger partial charge in [0.05, 0.1) is 17.3 Å². The molecule has 1 saturated heterocycles. The van der Waals surface area contributed by atoms with Crippen LogP contribution >= 0.6 is 0 Å². The van der Waals surface area contributed by atoms with E-state index in [1.54, 1.807) is 23.4 Å². The molecule has 0 unspecified atom stereocenters. The first-order valence-electron chi connectivity index (χ1n) is 7.37. The molecule has 0 spiro atoms. The summed E-state index contributed by atoms with van der Waals surface area (Å²) in [7, 11) is 0. The smallest absolute Gasteiger partial charge is 0.255 e. The van der Waals surface area contributed by atoms with Crippen LogP contribution in [-0.2, 0) is 0 Å². The number of hydrogen-bond donors (Lipinski definition) is 1. The fourth-order valence-electron chi connectivity index (χ4n) is 2.63. The van der Waals surface area contributed by atoms with Gasteiger partial charge in [-0.3, -0.25) is 9.78 Å². The van der Waals surface area contributed by atoms with E-state index < -0.39 is 0 Å². The van der Waals surface area contributed by atoms with E-state index in [-0.39, 0.29) is 11.9 Å². The number of carbonyl (C=O) groups excluding carboxylic acids is 1. The molecule has 0 radical (unpaired) electrons. The molecule has 1 atom stereocenters. The number of amides is 1. The monoisotopic (exact) mass is 308 g/mol. The lowest BCUT2D eigenvalue weighted by molar-refractivity contribution is 0.0792. The first kappa shape index (κ1) is 14.9. The Hall–Kier alpha value is -3.05. The van der Waals surface area contributed by atoms with E-state index in [2.05, 4.69) is 20.3 Å². The first-order valence-corrected chi connectivity index (χ1v) is 7.37. The van der Waals surface area contributed by atoms with Crippen molar-refractivity contribution in [2.75, 3.05) is 18.4 Å². The molecule has 0 saturated carbocycles. The molecule has 1 aliphatic rings. The van der Waals surface area contributed by atoms with Crippen LogP contribution in [0.25, 0.3) is 10.4 Å². The molecule has 0 bridgehead atoms. The number of para-hydroxylation sites is 1. The Kier molecular flexibility index (Phi) is 4.40. The van der Waals surface area contributed by atoms with E-state index in [9.17, 15) is 4.79 Å². The summed E-state index contributed by atoms with van der Waals surface area (Å²) >= 11 is 0. The van der Waals surface area contributed by atoms with Gasteiger partial charge in [0.15, 0.2) is 0 Å². The fourth-order valence-corrected chi connectivity index (χ4v) is 2.63. The molecule has 0 aliphatic carbocycles. The summed E-state index contributed by atoms with van der Waals surface area (Å²) in [6.45, 7) is 1.07. The number of nitrogens with one attached hydrogen (secondary N) is 1. The topological polar surface area (TPSA) is 94.0 Å². The SMILES string of the molecule is [N-]=[N+]=N[C@@H]1CCN(C(=O)c2ccccc2Nc2ccncc2)C1. The summed E-state index contributed by atoms with van der Waals surface area (Å²) in [5.41, 5.74) is 10.7. The third-order valence-electron chi connectivity index (χ3n) is 3.78. The predicted octanol–water partition coefficient (Wildman–Crippen LogP) is 3.35. The maximum absolute atomic E-state index is 12.7. The minimum Gasteiger partial charge on any atom is -0.355 e. The number of likely N-dealkylation sites (tertiary alicyclic amines) is 1. The molecule has 23 heavy (non-hydrogen) atoms. The Balaban J connectivity index is 1.80. The van der Waals surface area contributed by atoms with Crippen molar-refractivity contribution in [1.82, 2.24) is 9.88 Å². The highest BCUT2D eigenvalue weighted by Gasteiger charge is 2.27. The summed E-state index contributed by atoms with van der Waals surface area (Å²) < 4.78 is 0. The van der Waals surface area contributed by atoms with Gasteiger partial charge in [-0.15, -0.1) is 0 Å². The minimum atomic E-state index is -0.135. The zero-order chi connectivity index (χ0) is 16.1. The van der Waals surface area contributed by atoms with Crippen molar-refractivity contribution >= 4 is 17.3 Å². The van der Waals surface area contributed by atoms with Gasteiger partial charge in [-0.05, 0) is 36.2 Å². The molecule has 7 nitrogen and oxygen atoms in total. The molecule has 7 heteroatoms. The van der Waals surface area contributed by atoms with Crippen molar-refractivity contribution in [2.45, 2.75) is 12.5 Å². The molecular formula is C16H16N6O. The van der Waals surface area contributed by atoms with E-state index in [0.717, 1.165) is 11.4 Å². The number of nitrogens with zero attached hydrogens (tertiary/aromatic N) is 5. The number of hydrogen-bond acceptors (Lipinski definition) is 4. The van der Waals surface area contributed by atoms with Gasteiger partial charge in [-0.1, -0.05) is 17.2 Å². The van der Waals surface area contributed by atoms with Crippen LogP contribution in [0, 0.1) is 0 Å². The minimum absolute atomic E-state index is 0.0576. The maximum Gasteiger partial charge on any atom is 0.255 e. The number of benzene rings is 1. The molecule has 3 rings (SSSR count). The Labute approximate surface area is 133 Å². The second-order valence-corrected chi connectivity index (χ2v) is 5.31. The summed E-state index contributed by atoms with van der Waals surface area (Å²) in [4.78, 5) is 21.3. The summed E-state index contributed by atoms with van der Waals surface area (Å²) in [6, 6.07) is 10.9. The zero-order valence-electron chi connectivity index (χ0n) is 12.5. The Morgan fingerprint density at radius 1 is 1.30 bits per heavy atom. The molecule has 1 aliphatic heterocycles. The van der Waals surface area contributed by atoms with Crippen LogP contribution in [0.2, 0.25) is 0 Å². The molecule has 1 aromatic carbocycles. The lowest BCUT2D eigenvalue weighted by atomic mass is 10.1. The Bertz CT molecular complexity index is 741. The van der Waals surface area contributed by atoms with Gasteiger partial charge in [0.25, 0.3) is 5.91 Å². The number of azide groups is 1. The largest absolute Gasteiger partial charge is 0.355 e. The normalized spacial score (nSPS) is 16.7. The van der Waals surface area contributed by atoms with Crippen LogP contribution in [-0.4, -0.2) is 34.9 Å². The molecule has 1 fully saturated rings. The molecule has 1 amide bonds. The van der Waals surface area contributed by atoms with Crippen molar-refractivity contribution in [3.63, 3.8) is 0 Å². The number of rotatable bonds is 4. The van der Waals surface area contributed by atoms with E-state index >= 15 is 0 Å². The van der Waals surface area contributed by atoms with Gasteiger partial charge in [-0.2, -0.15) is 0 Å². The Morgan fingerprint density at radius 2 is 2.09 bits per heavy atom. The van der Waals surface area contributed by atoms with E-state index in [1.807, 2.05) is 30.3 Å². The average molecular weight is 308 g/mol. The van der Waals surface area contributed by atoms with Gasteiger partial charge in [0.2, 0.25) is 0 Å². The van der Waals surface area contributed by atoms with Crippen molar-refractivity contribution in [3.05, 3.63) is 64.8 Å². The fraction of sp³-hybridized carbons (Fsp3) is 0.250. The van der Waals surface area contributed by atoms with Gasteiger partial charge >= 0.3 is 0 Å². The predicted molar refractivity (Wildman–Crippen MR) is 87.4 cm³/mol. The van der Waals surface area contributed by atoms with Crippen LogP contribution in [0.3, 0.4) is 0 Å². The molecule has 2 heterocycles. The number of aromatic nitrogens is 1. The van der Waals surface area contributed by atoms with Crippen LogP contribution in [0.15, 0.2) is 53.9 Å². The Morgan fingerprint density at radius 3 is 2.87 bits per heavy atom. The zero-order valence-corrected chi connectivity index (χ0v) is 12.5. The second-order valence-electron chi connectivity index (χ2n) is 5.31. The summed E-state index contributed by atoms with van der Waals surface area (Å²) in [6.07, 6.45) is 4.09. The third-order valence-corrected chi connectivity index (χ3v) is 3.78. The lowest BCUT2D eigenvalue weighted by Gasteiger charge is -2.18. The number of pyridine rings is 1. The van der Waals surface area contributed by atoms with Crippen LogP contribution in [0.1, 0.15) is 16.8 Å². The third kappa shape index (κ3) is 3.41. The van der Waals surface area contributed by atoms with Crippen LogP contribution in [0.4, 0.5) is 11.4 Å². The van der Waals surface area contributed by atoms with Gasteiger partial charge in [0, 0.05) is 36.1 Å². The van der Waals surface area contributed by atoms with E-state index in [1.165, 1.54) is 0 Å². The van der Waals surface area contributed by atoms with Gasteiger partial charge < -0.3 is 10.2 Å². The number of anilines is 2. The van der Waals surface area contributed by atoms with Crippen molar-refractivity contribution < 1.29 is 4.79 Å². The highest BCUT2D eigenvalue weighted by atomic mass is 16.2. The molecule has 116 valence electrons. The van der Waals surface area contributed by atoms with Crippen molar-refractivity contribution in [2.24, 2.45) is 5.11 Å². The molecule has 1 aromatic heterocycles. The van der Waals surface area contributed by atoms with E-state index in [4.69, 9.17) is 5.53 Å². The highest BCUT2D eigenvalue weighted by Crippen LogP contribution is 2.24. The highest BCUT2D eigenvalue weighted by molar-refractivity contribution is 6.00. The summed E-state index contributed by atoms with van der Waals surface area (Å²) in [5.74, 6) is -0.0576. The quantitative estimate of drug-likeness (QED) is 0.533.